The first-order valence-electron chi connectivity index (χ1n) is 7.58. The van der Waals surface area contributed by atoms with Crippen molar-refractivity contribution >= 4 is 22.8 Å². The van der Waals surface area contributed by atoms with E-state index in [-0.39, 0.29) is 5.38 Å². The van der Waals surface area contributed by atoms with E-state index in [1.807, 2.05) is 19.2 Å². The summed E-state index contributed by atoms with van der Waals surface area (Å²) in [5, 5.41) is -0.120. The lowest BCUT2D eigenvalue weighted by Crippen LogP contribution is -2.08. The van der Waals surface area contributed by atoms with Crippen molar-refractivity contribution in [3.63, 3.8) is 0 Å². The smallest absolute Gasteiger partial charge is 0.160 e. The summed E-state index contributed by atoms with van der Waals surface area (Å²) in [6.07, 6.45) is 4.19. The molecule has 0 amide bonds. The van der Waals surface area contributed by atoms with Crippen LogP contribution in [0.15, 0.2) is 12.3 Å². The summed E-state index contributed by atoms with van der Waals surface area (Å²) in [7, 11) is 0. The van der Waals surface area contributed by atoms with Gasteiger partial charge in [0.05, 0.1) is 11.5 Å². The minimum Gasteiger partial charge on any atom is -0.379 e. The molecule has 2 aromatic heterocycles. The predicted molar refractivity (Wildman–Crippen MR) is 86.9 cm³/mol. The molecule has 0 radical (unpaired) electrons. The third kappa shape index (κ3) is 3.95. The molecular formula is C16H24ClN3O. The maximum atomic E-state index is 6.28. The number of unbranched alkanes of at least 4 members (excludes halogenated alkanes) is 1. The molecule has 1 unspecified atom stereocenters. The van der Waals surface area contributed by atoms with Gasteiger partial charge < -0.3 is 9.30 Å². The topological polar surface area (TPSA) is 39.9 Å². The number of pyridine rings is 1. The van der Waals surface area contributed by atoms with E-state index in [9.17, 15) is 0 Å². The van der Waals surface area contributed by atoms with Crippen LogP contribution in [0.5, 0.6) is 0 Å². The van der Waals surface area contributed by atoms with Crippen molar-refractivity contribution in [2.75, 3.05) is 6.61 Å². The normalized spacial score (nSPS) is 13.2. The second kappa shape index (κ2) is 7.23. The largest absolute Gasteiger partial charge is 0.379 e. The number of hydrogen-bond acceptors (Lipinski definition) is 3. The van der Waals surface area contributed by atoms with Gasteiger partial charge in [0.15, 0.2) is 5.65 Å². The monoisotopic (exact) mass is 309 g/mol. The van der Waals surface area contributed by atoms with Gasteiger partial charge in [-0.15, -0.1) is 11.6 Å². The summed E-state index contributed by atoms with van der Waals surface area (Å²) in [5.74, 6) is 0.901. The standard InChI is InChI=1S/C16H24ClN3O/c1-11(2)21-10-6-5-9-20-15(13(4)17)19-14-12(3)7-8-18-16(14)20/h7-8,11,13H,5-6,9-10H2,1-4H3. The molecule has 2 rings (SSSR count). The minimum atomic E-state index is -0.120. The Hall–Kier alpha value is -1.13. The molecule has 116 valence electrons. The molecule has 5 heteroatoms. The fraction of sp³-hybridized carbons (Fsp3) is 0.625. The molecule has 21 heavy (non-hydrogen) atoms. The lowest BCUT2D eigenvalue weighted by Gasteiger charge is -2.11. The Morgan fingerprint density at radius 1 is 1.29 bits per heavy atom. The summed E-state index contributed by atoms with van der Waals surface area (Å²) in [5.41, 5.74) is 3.03. The average molecular weight is 310 g/mol. The SMILES string of the molecule is Cc1ccnc2c1nc(C(C)Cl)n2CCCCOC(C)C. The van der Waals surface area contributed by atoms with E-state index in [1.165, 1.54) is 0 Å². The van der Waals surface area contributed by atoms with Crippen molar-refractivity contribution in [2.24, 2.45) is 0 Å². The zero-order chi connectivity index (χ0) is 15.4. The Morgan fingerprint density at radius 3 is 2.71 bits per heavy atom. The van der Waals surface area contributed by atoms with Gasteiger partial charge in [-0.1, -0.05) is 0 Å². The molecule has 2 aromatic rings. The number of hydrogen-bond donors (Lipinski definition) is 0. The molecule has 0 bridgehead atoms. The van der Waals surface area contributed by atoms with Crippen LogP contribution in [-0.2, 0) is 11.3 Å². The molecule has 0 aliphatic heterocycles. The van der Waals surface area contributed by atoms with Gasteiger partial charge >= 0.3 is 0 Å². The molecule has 0 spiro atoms. The summed E-state index contributed by atoms with van der Waals surface area (Å²) in [6.45, 7) is 9.80. The summed E-state index contributed by atoms with van der Waals surface area (Å²) in [6, 6.07) is 1.98. The van der Waals surface area contributed by atoms with Crippen molar-refractivity contribution in [3.05, 3.63) is 23.7 Å². The van der Waals surface area contributed by atoms with Crippen LogP contribution in [0.4, 0.5) is 0 Å². The van der Waals surface area contributed by atoms with Crippen molar-refractivity contribution < 1.29 is 4.74 Å². The predicted octanol–water partition coefficient (Wildman–Crippen LogP) is 4.24. The Balaban J connectivity index is 2.13. The molecular weight excluding hydrogens is 286 g/mol. The third-order valence-electron chi connectivity index (χ3n) is 3.45. The Bertz CT molecular complexity index is 592. The van der Waals surface area contributed by atoms with Crippen molar-refractivity contribution in [1.82, 2.24) is 14.5 Å². The van der Waals surface area contributed by atoms with Crippen LogP contribution in [0.1, 0.15) is 50.4 Å². The number of aromatic nitrogens is 3. The summed E-state index contributed by atoms with van der Waals surface area (Å²) >= 11 is 6.28. The van der Waals surface area contributed by atoms with Gasteiger partial charge in [0, 0.05) is 19.3 Å². The van der Waals surface area contributed by atoms with Gasteiger partial charge in [-0.3, -0.25) is 0 Å². The van der Waals surface area contributed by atoms with Crippen molar-refractivity contribution in [1.29, 1.82) is 0 Å². The Labute approximate surface area is 131 Å². The molecule has 0 N–H and O–H groups in total. The molecule has 0 saturated carbocycles. The van der Waals surface area contributed by atoms with Crippen LogP contribution in [-0.4, -0.2) is 27.2 Å². The van der Waals surface area contributed by atoms with Gasteiger partial charge in [0.2, 0.25) is 0 Å². The Kier molecular flexibility index (Phi) is 5.59. The van der Waals surface area contributed by atoms with E-state index >= 15 is 0 Å². The van der Waals surface area contributed by atoms with Crippen LogP contribution >= 0.6 is 11.6 Å². The number of halogens is 1. The highest BCUT2D eigenvalue weighted by Gasteiger charge is 2.16. The highest BCUT2D eigenvalue weighted by Crippen LogP contribution is 2.25. The van der Waals surface area contributed by atoms with E-state index in [2.05, 4.69) is 35.3 Å². The number of aryl methyl sites for hydroxylation is 2. The zero-order valence-electron chi connectivity index (χ0n) is 13.3. The second-order valence-corrected chi connectivity index (χ2v) is 6.32. The van der Waals surface area contributed by atoms with Crippen molar-refractivity contribution in [3.8, 4) is 0 Å². The van der Waals surface area contributed by atoms with Crippen LogP contribution in [0.2, 0.25) is 0 Å². The first kappa shape index (κ1) is 16.2. The van der Waals surface area contributed by atoms with E-state index < -0.39 is 0 Å². The molecule has 0 aliphatic carbocycles. The fourth-order valence-corrected chi connectivity index (χ4v) is 2.54. The van der Waals surface area contributed by atoms with Gasteiger partial charge in [-0.25, -0.2) is 9.97 Å². The van der Waals surface area contributed by atoms with Gasteiger partial charge in [0.25, 0.3) is 0 Å². The van der Waals surface area contributed by atoms with E-state index in [4.69, 9.17) is 16.3 Å². The van der Waals surface area contributed by atoms with Gasteiger partial charge in [-0.05, 0) is 52.2 Å². The van der Waals surface area contributed by atoms with Crippen LogP contribution in [0, 0.1) is 6.92 Å². The maximum Gasteiger partial charge on any atom is 0.160 e. The molecule has 1 atom stereocenters. The van der Waals surface area contributed by atoms with E-state index in [0.29, 0.717) is 6.10 Å². The average Bonchev–Trinajstić information content (AvgIpc) is 2.79. The number of rotatable bonds is 7. The Morgan fingerprint density at radius 2 is 2.05 bits per heavy atom. The first-order valence-corrected chi connectivity index (χ1v) is 8.01. The van der Waals surface area contributed by atoms with Crippen LogP contribution < -0.4 is 0 Å². The fourth-order valence-electron chi connectivity index (χ4n) is 2.37. The highest BCUT2D eigenvalue weighted by molar-refractivity contribution is 6.20. The minimum absolute atomic E-state index is 0.120. The van der Waals surface area contributed by atoms with Gasteiger partial charge in [-0.2, -0.15) is 0 Å². The zero-order valence-corrected chi connectivity index (χ0v) is 14.0. The van der Waals surface area contributed by atoms with Gasteiger partial charge in [0.1, 0.15) is 11.3 Å². The first-order chi connectivity index (χ1) is 10.0. The molecule has 0 aromatic carbocycles. The van der Waals surface area contributed by atoms with E-state index in [0.717, 1.165) is 48.5 Å². The lowest BCUT2D eigenvalue weighted by atomic mass is 10.2. The number of alkyl halides is 1. The highest BCUT2D eigenvalue weighted by atomic mass is 35.5. The van der Waals surface area contributed by atoms with Crippen molar-refractivity contribution in [2.45, 2.75) is 58.6 Å². The van der Waals surface area contributed by atoms with Crippen LogP contribution in [0.25, 0.3) is 11.2 Å². The maximum absolute atomic E-state index is 6.28. The molecule has 0 fully saturated rings. The number of fused-ring (bicyclic) bond motifs is 1. The summed E-state index contributed by atoms with van der Waals surface area (Å²) in [4.78, 5) is 9.16. The molecule has 0 aliphatic rings. The molecule has 2 heterocycles. The molecule has 4 nitrogen and oxygen atoms in total. The summed E-state index contributed by atoms with van der Waals surface area (Å²) < 4.78 is 7.73. The van der Waals surface area contributed by atoms with E-state index in [1.54, 1.807) is 0 Å². The number of imidazole rings is 1. The quantitative estimate of drug-likeness (QED) is 0.567. The second-order valence-electron chi connectivity index (χ2n) is 5.66. The molecule has 0 saturated heterocycles. The number of ether oxygens (including phenoxy) is 1. The number of nitrogens with zero attached hydrogens (tertiary/aromatic N) is 3. The van der Waals surface area contributed by atoms with Crippen LogP contribution in [0.3, 0.4) is 0 Å². The third-order valence-corrected chi connectivity index (χ3v) is 3.64. The lowest BCUT2D eigenvalue weighted by molar-refractivity contribution is 0.0754.